The second kappa shape index (κ2) is 6.92. The summed E-state index contributed by atoms with van der Waals surface area (Å²) in [6.45, 7) is 6.50. The summed E-state index contributed by atoms with van der Waals surface area (Å²) >= 11 is -1.65. The van der Waals surface area contributed by atoms with Crippen LogP contribution in [0.4, 0.5) is 0 Å². The normalized spacial score (nSPS) is 33.2. The van der Waals surface area contributed by atoms with Crippen LogP contribution in [0.25, 0.3) is 0 Å². The number of hydrogen-bond acceptors (Lipinski definition) is 7. The number of β-lactam (4-membered cyclic amide) rings is 1. The van der Waals surface area contributed by atoms with Crippen LogP contribution in [0.1, 0.15) is 39.3 Å². The van der Waals surface area contributed by atoms with E-state index in [9.17, 15) is 23.8 Å². The Morgan fingerprint density at radius 1 is 1.13 bits per heavy atom. The molecule has 1 aromatic rings. The fraction of sp³-hybridized carbons (Fsp3) is 0.550. The van der Waals surface area contributed by atoms with Crippen LogP contribution in [0.15, 0.2) is 35.6 Å². The van der Waals surface area contributed by atoms with Crippen LogP contribution >= 0.6 is 0 Å². The molecule has 4 unspecified atom stereocenters. The van der Waals surface area contributed by atoms with E-state index < -0.39 is 62.9 Å². The molecule has 0 aromatic heterocycles. The van der Waals surface area contributed by atoms with Gasteiger partial charge in [-0.15, -0.1) is 4.91 Å². The zero-order chi connectivity index (χ0) is 22.9. The SMILES string of the molecule is COC(=O)C1N2C(=O)C(N3C(=O)C(c4ccccc4)N(N=O)C3(C)C)[C@H]2[S+]([O-])C1(C)C. The molecule has 0 aliphatic carbocycles. The lowest BCUT2D eigenvalue weighted by Gasteiger charge is -2.49. The van der Waals surface area contributed by atoms with Gasteiger partial charge in [0.1, 0.15) is 5.66 Å². The van der Waals surface area contributed by atoms with Crippen LogP contribution in [0, 0.1) is 4.91 Å². The van der Waals surface area contributed by atoms with E-state index in [1.54, 1.807) is 58.0 Å². The third-order valence-corrected chi connectivity index (χ3v) is 8.68. The van der Waals surface area contributed by atoms with E-state index >= 15 is 0 Å². The average Bonchev–Trinajstić information content (AvgIpc) is 3.05. The summed E-state index contributed by atoms with van der Waals surface area (Å²) in [7, 11) is 1.21. The Bertz CT molecular complexity index is 954. The number of methoxy groups -OCH3 is 1. The van der Waals surface area contributed by atoms with E-state index in [2.05, 4.69) is 5.29 Å². The van der Waals surface area contributed by atoms with Crippen molar-refractivity contribution >= 4 is 29.0 Å². The zero-order valence-corrected chi connectivity index (χ0v) is 18.7. The maximum absolute atomic E-state index is 13.5. The number of hydrogen-bond donors (Lipinski definition) is 0. The van der Waals surface area contributed by atoms with Crippen molar-refractivity contribution in [3.8, 4) is 0 Å². The van der Waals surface area contributed by atoms with Gasteiger partial charge in [0.2, 0.25) is 5.37 Å². The lowest BCUT2D eigenvalue weighted by molar-refractivity contribution is -0.173. The van der Waals surface area contributed by atoms with Gasteiger partial charge in [0.05, 0.1) is 12.4 Å². The topological polar surface area (TPSA) is 123 Å². The van der Waals surface area contributed by atoms with Gasteiger partial charge in [-0.25, -0.2) is 9.80 Å². The van der Waals surface area contributed by atoms with Gasteiger partial charge in [0.25, 0.3) is 11.8 Å². The monoisotopic (exact) mass is 448 g/mol. The van der Waals surface area contributed by atoms with Crippen LogP contribution in [0.5, 0.6) is 0 Å². The predicted molar refractivity (Wildman–Crippen MR) is 110 cm³/mol. The van der Waals surface area contributed by atoms with Gasteiger partial charge in [-0.2, -0.15) is 0 Å². The highest BCUT2D eigenvalue weighted by Crippen LogP contribution is 2.52. The Kier molecular flexibility index (Phi) is 4.82. The molecule has 3 heterocycles. The largest absolute Gasteiger partial charge is 0.614 e. The molecular formula is C20H24N4O6S. The van der Waals surface area contributed by atoms with Gasteiger partial charge >= 0.3 is 5.97 Å². The summed E-state index contributed by atoms with van der Waals surface area (Å²) in [4.78, 5) is 53.4. The molecule has 2 amide bonds. The molecule has 0 saturated carbocycles. The molecule has 4 rings (SSSR count). The standard InChI is InChI=1S/C20H24N4O6S/c1-19(2)14(18(27)30-5)22-15(25)13(17(22)31(19)29)23-16(26)12(11-9-7-6-8-10-11)24(21-28)20(23,3)4/h6-10,12-14,17H,1-5H3/t12?,13?,14?,17-,31?/m1/s1. The van der Waals surface area contributed by atoms with Crippen molar-refractivity contribution in [2.75, 3.05) is 7.11 Å². The summed E-state index contributed by atoms with van der Waals surface area (Å²) in [5, 5.41) is 3.35. The van der Waals surface area contributed by atoms with Crippen LogP contribution in [-0.4, -0.2) is 72.1 Å². The average molecular weight is 449 g/mol. The summed E-state index contributed by atoms with van der Waals surface area (Å²) in [5.74, 6) is -1.64. The molecule has 3 fully saturated rings. The number of nitrogens with zero attached hydrogens (tertiary/aromatic N) is 4. The molecule has 5 atom stereocenters. The van der Waals surface area contributed by atoms with Crippen molar-refractivity contribution in [1.29, 1.82) is 0 Å². The Balaban J connectivity index is 1.75. The number of fused-ring (bicyclic) bond motifs is 1. The number of carbonyl (C=O) groups is 3. The smallest absolute Gasteiger partial charge is 0.334 e. The van der Waals surface area contributed by atoms with E-state index in [0.29, 0.717) is 5.56 Å². The minimum Gasteiger partial charge on any atom is -0.614 e. The lowest BCUT2D eigenvalue weighted by atomic mass is 9.94. The van der Waals surface area contributed by atoms with Crippen LogP contribution in [0.2, 0.25) is 0 Å². The summed E-state index contributed by atoms with van der Waals surface area (Å²) in [6.07, 6.45) is 0. The Labute approximate surface area is 182 Å². The third-order valence-electron chi connectivity index (χ3n) is 6.50. The highest BCUT2D eigenvalue weighted by molar-refractivity contribution is 7.94. The Morgan fingerprint density at radius 2 is 1.74 bits per heavy atom. The van der Waals surface area contributed by atoms with Gasteiger partial charge < -0.3 is 9.29 Å². The molecule has 0 radical (unpaired) electrons. The van der Waals surface area contributed by atoms with Gasteiger partial charge in [-0.1, -0.05) is 30.3 Å². The quantitative estimate of drug-likeness (QED) is 0.290. The molecule has 0 N–H and O–H groups in total. The van der Waals surface area contributed by atoms with Gasteiger partial charge in [0, 0.05) is 0 Å². The molecule has 0 bridgehead atoms. The third kappa shape index (κ3) is 2.65. The van der Waals surface area contributed by atoms with Crippen molar-refractivity contribution in [3.63, 3.8) is 0 Å². The molecule has 3 aliphatic heterocycles. The second-order valence-electron chi connectivity index (χ2n) is 8.85. The first kappa shape index (κ1) is 21.6. The van der Waals surface area contributed by atoms with Crippen LogP contribution in [0.3, 0.4) is 0 Å². The molecule has 31 heavy (non-hydrogen) atoms. The minimum absolute atomic E-state index is 0.481. The van der Waals surface area contributed by atoms with Crippen molar-refractivity contribution in [2.45, 2.75) is 61.6 Å². The first-order valence-corrected chi connectivity index (χ1v) is 11.0. The van der Waals surface area contributed by atoms with Crippen molar-refractivity contribution in [3.05, 3.63) is 40.8 Å². The minimum atomic E-state index is -1.65. The first-order chi connectivity index (χ1) is 14.5. The van der Waals surface area contributed by atoms with E-state index in [-0.39, 0.29) is 0 Å². The number of ether oxygens (including phenoxy) is 1. The molecule has 10 nitrogen and oxygen atoms in total. The van der Waals surface area contributed by atoms with E-state index in [4.69, 9.17) is 4.74 Å². The molecule has 0 spiro atoms. The molecule has 3 saturated heterocycles. The van der Waals surface area contributed by atoms with Gasteiger partial charge in [-0.3, -0.25) is 19.4 Å². The van der Waals surface area contributed by atoms with Gasteiger partial charge in [-0.05, 0) is 44.4 Å². The molecular weight excluding hydrogens is 424 g/mol. The fourth-order valence-corrected chi connectivity index (χ4v) is 6.90. The zero-order valence-electron chi connectivity index (χ0n) is 17.8. The molecule has 166 valence electrons. The van der Waals surface area contributed by atoms with Crippen LogP contribution in [-0.2, 0) is 30.3 Å². The number of carbonyl (C=O) groups excluding carboxylic acids is 3. The maximum atomic E-state index is 13.5. The van der Waals surface area contributed by atoms with Crippen molar-refractivity contribution < 1.29 is 23.7 Å². The van der Waals surface area contributed by atoms with E-state index in [1.807, 2.05) is 0 Å². The number of nitroso groups, excluding NO2 is 1. The number of rotatable bonds is 4. The lowest BCUT2D eigenvalue weighted by Crippen LogP contribution is -2.74. The van der Waals surface area contributed by atoms with Crippen LogP contribution < -0.4 is 0 Å². The number of esters is 1. The second-order valence-corrected chi connectivity index (χ2v) is 11.0. The van der Waals surface area contributed by atoms with E-state index in [0.717, 1.165) is 5.01 Å². The highest BCUT2D eigenvalue weighted by Gasteiger charge is 2.76. The Morgan fingerprint density at radius 3 is 2.29 bits per heavy atom. The fourth-order valence-electron chi connectivity index (χ4n) is 4.94. The van der Waals surface area contributed by atoms with Gasteiger partial charge in [0.15, 0.2) is 22.9 Å². The summed E-state index contributed by atoms with van der Waals surface area (Å²) in [5.41, 5.74) is -0.685. The predicted octanol–water partition coefficient (Wildman–Crippen LogP) is 0.909. The number of benzene rings is 1. The summed E-state index contributed by atoms with van der Waals surface area (Å²) in [6, 6.07) is 5.59. The van der Waals surface area contributed by atoms with Crippen molar-refractivity contribution in [1.82, 2.24) is 14.8 Å². The summed E-state index contributed by atoms with van der Waals surface area (Å²) < 4.78 is 17.1. The molecule has 11 heteroatoms. The molecule has 3 aliphatic rings. The number of amides is 2. The maximum Gasteiger partial charge on any atom is 0.334 e. The van der Waals surface area contributed by atoms with E-state index in [1.165, 1.54) is 16.9 Å². The first-order valence-electron chi connectivity index (χ1n) is 9.83. The Hall–Kier alpha value is -2.66. The highest BCUT2D eigenvalue weighted by atomic mass is 32.2. The molecule has 1 aromatic carbocycles. The van der Waals surface area contributed by atoms with Crippen molar-refractivity contribution in [2.24, 2.45) is 5.29 Å².